The van der Waals surface area contributed by atoms with Gasteiger partial charge in [0, 0.05) is 16.8 Å². The summed E-state index contributed by atoms with van der Waals surface area (Å²) in [7, 11) is 0. The largest absolute Gasteiger partial charge is 0 e. The fourth-order valence-electron chi connectivity index (χ4n) is 0.679. The van der Waals surface area contributed by atoms with Crippen molar-refractivity contribution < 1.29 is 40.2 Å². The molecule has 1 aromatic rings. The molecule has 1 rings (SSSR count). The molecule has 0 amide bonds. The molecule has 0 fully saturated rings. The molecule has 0 saturated carbocycles. The van der Waals surface area contributed by atoms with Gasteiger partial charge in [0.15, 0.2) is 0 Å². The molecule has 0 aromatic heterocycles. The Labute approximate surface area is 116 Å². The molecule has 0 N–H and O–H groups in total. The van der Waals surface area contributed by atoms with E-state index in [1.165, 1.54) is 0 Å². The molecule has 5 nitrogen and oxygen atoms in total. The minimum Gasteiger partial charge on any atom is 0 e. The summed E-state index contributed by atoms with van der Waals surface area (Å²) < 4.78 is 30.0. The van der Waals surface area contributed by atoms with Gasteiger partial charge in [-0.25, -0.2) is 0 Å². The Bertz CT molecular complexity index is 303. The first-order chi connectivity index (χ1) is 8.43. The Balaban J connectivity index is -0.0000000542. The van der Waals surface area contributed by atoms with E-state index in [0.717, 1.165) is 5.56 Å². The fraction of sp³-hybridized carbons (Fsp3) is 0.0833. The Morgan fingerprint density at radius 3 is 1.44 bits per heavy atom. The van der Waals surface area contributed by atoms with Gasteiger partial charge in [0.2, 0.25) is 0 Å². The number of hydrogen-bond acceptors (Lipinski definition) is 1. The maximum Gasteiger partial charge on any atom is 0 e. The first-order valence-corrected chi connectivity index (χ1v) is 3.64. The van der Waals surface area contributed by atoms with Crippen LogP contribution in [-0.4, -0.2) is 6.29 Å². The number of rotatable bonds is 2. The van der Waals surface area contributed by atoms with E-state index >= 15 is 0 Å². The van der Waals surface area contributed by atoms with Crippen LogP contribution in [-0.2, 0) is 46.6 Å². The van der Waals surface area contributed by atoms with Crippen molar-refractivity contribution in [3.8, 4) is 0 Å². The molecule has 0 heterocycles. The van der Waals surface area contributed by atoms with Crippen LogP contribution in [0.15, 0.2) is 30.3 Å². The molecule has 0 aliphatic heterocycles. The van der Waals surface area contributed by atoms with Crippen LogP contribution in [0.2, 0.25) is 0 Å². The monoisotopic (exact) mass is 290 g/mol. The summed E-state index contributed by atoms with van der Waals surface area (Å²) in [5, 5.41) is 0. The van der Waals surface area contributed by atoms with E-state index in [1.807, 2.05) is 36.6 Å². The van der Waals surface area contributed by atoms with Gasteiger partial charge in [-0.3, -0.25) is 6.29 Å². The summed E-state index contributed by atoms with van der Waals surface area (Å²) in [6.07, 6.45) is 2.24. The summed E-state index contributed by atoms with van der Waals surface area (Å²) in [5.41, 5.74) is 1.02. The molecule has 1 radical (unpaired) electrons. The van der Waals surface area contributed by atoms with Gasteiger partial charge >= 0.3 is 45.2 Å². The average molecular weight is 290 g/mol. The quantitative estimate of drug-likeness (QED) is 0.593. The average Bonchev–Trinajstić information content (AvgIpc) is 2.49. The molecule has 6 heteroatoms. The predicted octanol–water partition coefficient (Wildman–Crippen LogP) is 1.19. The Morgan fingerprint density at radius 2 is 1.17 bits per heavy atom. The second kappa shape index (κ2) is 45.3. The van der Waals surface area contributed by atoms with Gasteiger partial charge in [-0.2, -0.15) is 0 Å². The van der Waals surface area contributed by atoms with Crippen molar-refractivity contribution in [2.24, 2.45) is 0 Å². The van der Waals surface area contributed by atoms with Gasteiger partial charge in [-0.1, -0.05) is 35.9 Å². The number of benzene rings is 1. The Kier molecular flexibility index (Phi) is 75.3. The third-order valence-electron chi connectivity index (χ3n) is 1.12. The van der Waals surface area contributed by atoms with E-state index in [2.05, 4.69) is 26.6 Å². The third-order valence-corrected chi connectivity index (χ3v) is 1.12. The number of hydrogen-bond donors (Lipinski definition) is 0. The summed E-state index contributed by atoms with van der Waals surface area (Å²) in [5.74, 6) is 0. The second-order valence-corrected chi connectivity index (χ2v) is 1.81. The molecule has 1 aromatic carbocycles. The molecule has 0 bridgehead atoms. The van der Waals surface area contributed by atoms with Crippen LogP contribution in [0.25, 0.3) is 0 Å². The zero-order chi connectivity index (χ0) is 14.5. The van der Waals surface area contributed by atoms with Crippen LogP contribution < -0.4 is 0 Å². The van der Waals surface area contributed by atoms with Crippen LogP contribution >= 0.6 is 0 Å². The van der Waals surface area contributed by atoms with Crippen molar-refractivity contribution in [2.75, 3.05) is 0 Å². The molecule has 0 aliphatic carbocycles. The third kappa shape index (κ3) is 29.3. The molecular weight excluding hydrogens is 283 g/mol. The molecule has 0 saturated heterocycles. The van der Waals surface area contributed by atoms with Crippen molar-refractivity contribution in [1.82, 2.24) is 0 Å². The van der Waals surface area contributed by atoms with Crippen LogP contribution in [0.5, 0.6) is 0 Å². The van der Waals surface area contributed by atoms with Crippen molar-refractivity contribution in [3.63, 3.8) is 0 Å². The summed E-state index contributed by atoms with van der Waals surface area (Å²) in [6, 6.07) is 9.56. The minimum atomic E-state index is 0. The topological polar surface area (TPSA) is 96.7 Å². The molecule has 0 spiro atoms. The van der Waals surface area contributed by atoms with Gasteiger partial charge in [0.25, 0.3) is 0 Å². The Hall–Kier alpha value is -1.64. The molecule has 0 aliphatic rings. The van der Waals surface area contributed by atoms with Gasteiger partial charge in [0.1, 0.15) is 0 Å². The standard InChI is InChI=1S/C8H7O.4CO.Co/c9-7-6-8-4-2-1-3-5-8;4*1-2;/h1-5H,6H2;;;;;/q-1;;;;;. The van der Waals surface area contributed by atoms with Crippen LogP contribution in [0.3, 0.4) is 0 Å². The van der Waals surface area contributed by atoms with E-state index < -0.39 is 0 Å². The van der Waals surface area contributed by atoms with Crippen LogP contribution in [0.1, 0.15) is 5.56 Å². The molecular formula is C12H7CoO5-. The van der Waals surface area contributed by atoms with Crippen LogP contribution in [0, 0.1) is 26.6 Å². The van der Waals surface area contributed by atoms with Gasteiger partial charge in [0.05, 0.1) is 0 Å². The summed E-state index contributed by atoms with van der Waals surface area (Å²) >= 11 is 0. The summed E-state index contributed by atoms with van der Waals surface area (Å²) in [6.45, 7) is 18.0. The molecule has 0 atom stereocenters. The molecule has 95 valence electrons. The maximum absolute atomic E-state index is 9.85. The smallest absolute Gasteiger partial charge is 0 e. The van der Waals surface area contributed by atoms with E-state index in [1.54, 1.807) is 0 Å². The second-order valence-electron chi connectivity index (χ2n) is 1.81. The molecule has 0 unspecified atom stereocenters. The number of carbonyl (C=O) groups excluding carboxylic acids is 1. The molecule has 18 heavy (non-hydrogen) atoms. The van der Waals surface area contributed by atoms with Crippen molar-refractivity contribution in [2.45, 2.75) is 6.42 Å². The maximum atomic E-state index is 9.85. The van der Waals surface area contributed by atoms with Gasteiger partial charge in [-0.15, -0.1) is 6.42 Å². The fourth-order valence-corrected chi connectivity index (χ4v) is 0.679. The van der Waals surface area contributed by atoms with Crippen LogP contribution in [0.4, 0.5) is 0 Å². The van der Waals surface area contributed by atoms with Crippen molar-refractivity contribution in [1.29, 1.82) is 0 Å². The van der Waals surface area contributed by atoms with E-state index in [9.17, 15) is 4.79 Å². The van der Waals surface area contributed by atoms with Gasteiger partial charge < -0.3 is 4.79 Å². The first-order valence-electron chi connectivity index (χ1n) is 3.64. The van der Waals surface area contributed by atoms with Crippen molar-refractivity contribution in [3.05, 3.63) is 62.5 Å². The van der Waals surface area contributed by atoms with E-state index in [-0.39, 0.29) is 16.8 Å². The zero-order valence-corrected chi connectivity index (χ0v) is 10.0. The zero-order valence-electron chi connectivity index (χ0n) is 8.97. The first kappa shape index (κ1) is 29.9. The SMILES string of the molecule is O=[C-]Cc1ccccc1.[C-]#[O+].[C-]#[O+].[C-]#[O+].[C-]#[O+].[Co]. The normalized spacial score (nSPS) is 4.89. The van der Waals surface area contributed by atoms with Crippen molar-refractivity contribution >= 4 is 6.29 Å². The van der Waals surface area contributed by atoms with Gasteiger partial charge in [-0.05, 0) is 0 Å². The summed E-state index contributed by atoms with van der Waals surface area (Å²) in [4.78, 5) is 9.85. The van der Waals surface area contributed by atoms with E-state index in [0.29, 0.717) is 6.42 Å². The minimum absolute atomic E-state index is 0. The predicted molar refractivity (Wildman–Crippen MR) is 51.6 cm³/mol. The van der Waals surface area contributed by atoms with E-state index in [4.69, 9.17) is 18.6 Å². The Morgan fingerprint density at radius 1 is 0.833 bits per heavy atom.